The van der Waals surface area contributed by atoms with Gasteiger partial charge in [-0.05, 0) is 48.4 Å². The monoisotopic (exact) mass is 433 g/mol. The highest BCUT2D eigenvalue weighted by Crippen LogP contribution is 2.37. The average Bonchev–Trinajstić information content (AvgIpc) is 2.96. The first-order chi connectivity index (χ1) is 13.5. The van der Waals surface area contributed by atoms with Crippen molar-refractivity contribution in [3.8, 4) is 11.5 Å². The number of carbonyl (C=O) groups excluding carboxylic acids is 1. The fourth-order valence-electron chi connectivity index (χ4n) is 2.68. The number of anilines is 1. The molecule has 1 aliphatic rings. The number of hydrogen-bond acceptors (Lipinski definition) is 5. The van der Waals surface area contributed by atoms with Crippen LogP contribution in [0.1, 0.15) is 25.3 Å². The van der Waals surface area contributed by atoms with Gasteiger partial charge >= 0.3 is 0 Å². The van der Waals surface area contributed by atoms with E-state index >= 15 is 0 Å². The maximum Gasteiger partial charge on any atom is 0.270 e. The van der Waals surface area contributed by atoms with Gasteiger partial charge in [0.1, 0.15) is 0 Å². The zero-order valence-electron chi connectivity index (χ0n) is 15.6. The number of rotatable bonds is 7. The van der Waals surface area contributed by atoms with Crippen molar-refractivity contribution in [3.05, 3.63) is 58.0 Å². The molecule has 1 fully saturated rings. The molecule has 2 aromatic carbocycles. The Labute approximate surface area is 179 Å². The molecule has 146 valence electrons. The third-order valence-corrected chi connectivity index (χ3v) is 5.64. The minimum absolute atomic E-state index is 0.167. The molecule has 0 bridgehead atoms. The van der Waals surface area contributed by atoms with Crippen LogP contribution in [-0.4, -0.2) is 23.9 Å². The molecule has 0 radical (unpaired) electrons. The fourth-order valence-corrected chi connectivity index (χ4v) is 4.16. The number of carbonyl (C=O) groups is 1. The van der Waals surface area contributed by atoms with Gasteiger partial charge in [-0.25, -0.2) is 0 Å². The lowest BCUT2D eigenvalue weighted by atomic mass is 10.1. The van der Waals surface area contributed by atoms with Gasteiger partial charge in [0, 0.05) is 5.02 Å². The normalized spacial score (nSPS) is 15.4. The number of halogens is 1. The molecule has 0 aliphatic carbocycles. The lowest BCUT2D eigenvalue weighted by Gasteiger charge is -2.14. The van der Waals surface area contributed by atoms with E-state index in [1.54, 1.807) is 25.3 Å². The van der Waals surface area contributed by atoms with Crippen molar-refractivity contribution in [2.75, 3.05) is 18.6 Å². The van der Waals surface area contributed by atoms with Crippen LogP contribution in [0.5, 0.6) is 11.5 Å². The van der Waals surface area contributed by atoms with Gasteiger partial charge in [-0.15, -0.1) is 0 Å². The predicted molar refractivity (Wildman–Crippen MR) is 121 cm³/mol. The van der Waals surface area contributed by atoms with Crippen molar-refractivity contribution in [1.82, 2.24) is 0 Å². The predicted octanol–water partition coefficient (Wildman–Crippen LogP) is 5.93. The Hall–Kier alpha value is -2.02. The largest absolute Gasteiger partial charge is 0.493 e. The maximum atomic E-state index is 12.9. The molecule has 7 heteroatoms. The van der Waals surface area contributed by atoms with Crippen molar-refractivity contribution < 1.29 is 14.3 Å². The number of nitrogens with zero attached hydrogens (tertiary/aromatic N) is 1. The number of amides is 1. The summed E-state index contributed by atoms with van der Waals surface area (Å²) in [6, 6.07) is 12.7. The average molecular weight is 434 g/mol. The van der Waals surface area contributed by atoms with E-state index in [4.69, 9.17) is 33.3 Å². The number of benzene rings is 2. The van der Waals surface area contributed by atoms with Gasteiger partial charge in [0.2, 0.25) is 0 Å². The van der Waals surface area contributed by atoms with E-state index in [1.807, 2.05) is 30.3 Å². The van der Waals surface area contributed by atoms with Crippen LogP contribution in [-0.2, 0) is 4.79 Å². The number of unbranched alkanes of at least 4 members (excludes halogenated alkanes) is 1. The first-order valence-electron chi connectivity index (χ1n) is 8.88. The second kappa shape index (κ2) is 9.45. The van der Waals surface area contributed by atoms with Gasteiger partial charge in [0.05, 0.1) is 24.3 Å². The first kappa shape index (κ1) is 20.7. The van der Waals surface area contributed by atoms with Gasteiger partial charge < -0.3 is 9.47 Å². The van der Waals surface area contributed by atoms with Gasteiger partial charge in [-0.2, -0.15) is 0 Å². The lowest BCUT2D eigenvalue weighted by molar-refractivity contribution is -0.113. The Kier molecular flexibility index (Phi) is 6.99. The van der Waals surface area contributed by atoms with Crippen LogP contribution in [0, 0.1) is 0 Å². The van der Waals surface area contributed by atoms with E-state index in [1.165, 1.54) is 16.7 Å². The zero-order chi connectivity index (χ0) is 20.1. The van der Waals surface area contributed by atoms with Gasteiger partial charge in [-0.3, -0.25) is 9.69 Å². The third kappa shape index (κ3) is 4.69. The highest BCUT2D eigenvalue weighted by atomic mass is 35.5. The molecular weight excluding hydrogens is 414 g/mol. The number of methoxy groups -OCH3 is 1. The summed E-state index contributed by atoms with van der Waals surface area (Å²) in [5.41, 5.74) is 1.50. The van der Waals surface area contributed by atoms with Gasteiger partial charge in [0.25, 0.3) is 5.91 Å². The highest BCUT2D eigenvalue weighted by molar-refractivity contribution is 8.27. The van der Waals surface area contributed by atoms with Crippen LogP contribution in [0.25, 0.3) is 6.08 Å². The second-order valence-electron chi connectivity index (χ2n) is 6.11. The number of thioether (sulfide) groups is 1. The quantitative estimate of drug-likeness (QED) is 0.307. The molecule has 1 saturated heterocycles. The summed E-state index contributed by atoms with van der Waals surface area (Å²) in [6.07, 6.45) is 3.86. The molecule has 1 amide bonds. The molecule has 1 aliphatic heterocycles. The molecule has 28 heavy (non-hydrogen) atoms. The molecule has 1 heterocycles. The van der Waals surface area contributed by atoms with E-state index in [-0.39, 0.29) is 5.91 Å². The third-order valence-electron chi connectivity index (χ3n) is 4.10. The number of thiocarbonyl (C=S) groups is 1. The van der Waals surface area contributed by atoms with E-state index in [0.29, 0.717) is 38.0 Å². The van der Waals surface area contributed by atoms with Crippen LogP contribution in [0.2, 0.25) is 5.02 Å². The van der Waals surface area contributed by atoms with E-state index in [2.05, 4.69) is 6.92 Å². The van der Waals surface area contributed by atoms with E-state index in [9.17, 15) is 4.79 Å². The van der Waals surface area contributed by atoms with Crippen molar-refractivity contribution in [2.45, 2.75) is 19.8 Å². The Balaban J connectivity index is 1.83. The summed E-state index contributed by atoms with van der Waals surface area (Å²) in [4.78, 5) is 14.9. The van der Waals surface area contributed by atoms with Crippen molar-refractivity contribution in [2.24, 2.45) is 0 Å². The number of hydrogen-bond donors (Lipinski definition) is 0. The summed E-state index contributed by atoms with van der Waals surface area (Å²) in [6.45, 7) is 2.76. The van der Waals surface area contributed by atoms with Gasteiger partial charge in [-0.1, -0.05) is 61.1 Å². The summed E-state index contributed by atoms with van der Waals surface area (Å²) in [5, 5.41) is 0.555. The highest BCUT2D eigenvalue weighted by Gasteiger charge is 2.33. The first-order valence-corrected chi connectivity index (χ1v) is 10.5. The topological polar surface area (TPSA) is 38.8 Å². The SMILES string of the molecule is CCCCOc1ccc(/C=C2/SC(=S)N(c3cccc(Cl)c3)C2=O)cc1OC. The molecule has 4 nitrogen and oxygen atoms in total. The Morgan fingerprint density at radius 3 is 2.75 bits per heavy atom. The summed E-state index contributed by atoms with van der Waals surface area (Å²) >= 11 is 12.7. The van der Waals surface area contributed by atoms with Crippen LogP contribution >= 0.6 is 35.6 Å². The fraction of sp³-hybridized carbons (Fsp3) is 0.238. The summed E-state index contributed by atoms with van der Waals surface area (Å²) in [5.74, 6) is 1.16. The Morgan fingerprint density at radius 2 is 2.04 bits per heavy atom. The van der Waals surface area contributed by atoms with Crippen LogP contribution in [0.3, 0.4) is 0 Å². The van der Waals surface area contributed by atoms with Crippen LogP contribution in [0.4, 0.5) is 5.69 Å². The molecule has 3 rings (SSSR count). The molecule has 2 aromatic rings. The second-order valence-corrected chi connectivity index (χ2v) is 8.22. The Morgan fingerprint density at radius 1 is 1.21 bits per heavy atom. The summed E-state index contributed by atoms with van der Waals surface area (Å²) in [7, 11) is 1.60. The molecule has 0 unspecified atom stereocenters. The standard InChI is InChI=1S/C21H20ClNO3S2/c1-3-4-10-26-17-9-8-14(11-18(17)25-2)12-19-20(24)23(21(27)28-19)16-7-5-6-15(22)13-16/h5-9,11-13H,3-4,10H2,1-2H3/b19-12+. The zero-order valence-corrected chi connectivity index (χ0v) is 18.0. The van der Waals surface area contributed by atoms with Gasteiger partial charge in [0.15, 0.2) is 15.8 Å². The molecular formula is C21H20ClNO3S2. The summed E-state index contributed by atoms with van der Waals surface area (Å²) < 4.78 is 11.7. The minimum atomic E-state index is -0.167. The lowest BCUT2D eigenvalue weighted by Crippen LogP contribution is -2.27. The molecule has 0 N–H and O–H groups in total. The molecule has 0 aromatic heterocycles. The molecule has 0 atom stereocenters. The number of ether oxygens (including phenoxy) is 2. The van der Waals surface area contributed by atoms with Crippen LogP contribution in [0.15, 0.2) is 47.4 Å². The molecule has 0 spiro atoms. The van der Waals surface area contributed by atoms with E-state index < -0.39 is 0 Å². The Bertz CT molecular complexity index is 930. The van der Waals surface area contributed by atoms with E-state index in [0.717, 1.165) is 18.4 Å². The van der Waals surface area contributed by atoms with Crippen molar-refractivity contribution in [3.63, 3.8) is 0 Å². The molecule has 0 saturated carbocycles. The van der Waals surface area contributed by atoms with Crippen molar-refractivity contribution in [1.29, 1.82) is 0 Å². The minimum Gasteiger partial charge on any atom is -0.493 e. The van der Waals surface area contributed by atoms with Crippen LogP contribution < -0.4 is 14.4 Å². The smallest absolute Gasteiger partial charge is 0.270 e. The van der Waals surface area contributed by atoms with Crippen molar-refractivity contribution >= 4 is 57.6 Å². The maximum absolute atomic E-state index is 12.9.